The maximum atomic E-state index is 12.7. The van der Waals surface area contributed by atoms with Crippen molar-refractivity contribution in [2.24, 2.45) is 0 Å². The number of hydrogen-bond acceptors (Lipinski definition) is 5. The van der Waals surface area contributed by atoms with Crippen LogP contribution in [-0.2, 0) is 9.53 Å². The van der Waals surface area contributed by atoms with Crippen LogP contribution >= 0.6 is 11.3 Å². The second-order valence-electron chi connectivity index (χ2n) is 6.31. The molecule has 0 spiro atoms. The number of para-hydroxylation sites is 2. The average Bonchev–Trinajstić information content (AvgIpc) is 2.99. The summed E-state index contributed by atoms with van der Waals surface area (Å²) in [6.07, 6.45) is 0. The third-order valence-corrected chi connectivity index (χ3v) is 5.28. The Bertz CT molecular complexity index is 797. The number of anilines is 2. The number of amides is 1. The molecule has 0 saturated carbocycles. The average molecular weight is 344 g/mol. The minimum absolute atomic E-state index is 0.0272. The number of carbonyl (C=O) groups is 2. The minimum atomic E-state index is -0.797. The van der Waals surface area contributed by atoms with Gasteiger partial charge in [0.1, 0.15) is 10.4 Å². The van der Waals surface area contributed by atoms with E-state index in [2.05, 4.69) is 0 Å². The van der Waals surface area contributed by atoms with E-state index in [1.807, 2.05) is 56.0 Å². The quantitative estimate of drug-likeness (QED) is 0.801. The van der Waals surface area contributed by atoms with Crippen molar-refractivity contribution < 1.29 is 14.3 Å². The van der Waals surface area contributed by atoms with Crippen LogP contribution in [0.5, 0.6) is 0 Å². The van der Waals surface area contributed by atoms with E-state index in [9.17, 15) is 9.59 Å². The van der Waals surface area contributed by atoms with E-state index in [4.69, 9.17) is 4.74 Å². The molecule has 1 aliphatic rings. The Balaban J connectivity index is 1.87. The number of ether oxygens (including phenoxy) is 1. The molecule has 1 aliphatic heterocycles. The van der Waals surface area contributed by atoms with Crippen molar-refractivity contribution in [3.8, 4) is 0 Å². The van der Waals surface area contributed by atoms with Crippen molar-refractivity contribution in [3.63, 3.8) is 0 Å². The van der Waals surface area contributed by atoms with Crippen LogP contribution in [0.25, 0.3) is 0 Å². The van der Waals surface area contributed by atoms with E-state index in [0.29, 0.717) is 4.88 Å². The molecule has 2 aromatic rings. The van der Waals surface area contributed by atoms with Gasteiger partial charge in [-0.15, -0.1) is 11.3 Å². The van der Waals surface area contributed by atoms with Gasteiger partial charge in [0.05, 0.1) is 11.4 Å². The molecule has 0 bridgehead atoms. The Morgan fingerprint density at radius 3 is 2.46 bits per heavy atom. The highest BCUT2D eigenvalue weighted by Crippen LogP contribution is 2.39. The molecule has 3 rings (SSSR count). The first-order valence-corrected chi connectivity index (χ1v) is 8.52. The fraction of sp³-hybridized carbons (Fsp3) is 0.333. The molecule has 126 valence electrons. The molecular weight excluding hydrogens is 324 g/mol. The van der Waals surface area contributed by atoms with E-state index >= 15 is 0 Å². The van der Waals surface area contributed by atoms with Crippen molar-refractivity contribution in [3.05, 3.63) is 46.2 Å². The summed E-state index contributed by atoms with van der Waals surface area (Å²) in [7, 11) is 1.76. The van der Waals surface area contributed by atoms with Gasteiger partial charge >= 0.3 is 5.97 Å². The standard InChI is InChI=1S/C18H20N2O3S/c1-12-9-10-15(24-12)16(21)23-11-20-14-8-6-5-7-13(14)19(4)17(22)18(20,2)3/h5-10H,11H2,1-4H3. The van der Waals surface area contributed by atoms with Crippen LogP contribution in [-0.4, -0.2) is 31.2 Å². The summed E-state index contributed by atoms with van der Waals surface area (Å²) in [5.74, 6) is -0.406. The van der Waals surface area contributed by atoms with Gasteiger partial charge in [-0.1, -0.05) is 12.1 Å². The second-order valence-corrected chi connectivity index (χ2v) is 7.60. The number of thiophene rings is 1. The molecule has 0 N–H and O–H groups in total. The molecule has 2 heterocycles. The first-order chi connectivity index (χ1) is 11.3. The molecule has 0 radical (unpaired) electrons. The number of rotatable bonds is 3. The van der Waals surface area contributed by atoms with Gasteiger partial charge in [0.15, 0.2) is 6.73 Å². The number of carbonyl (C=O) groups excluding carboxylic acids is 2. The van der Waals surface area contributed by atoms with Gasteiger partial charge < -0.3 is 14.5 Å². The highest BCUT2D eigenvalue weighted by atomic mass is 32.1. The summed E-state index contributed by atoms with van der Waals surface area (Å²) >= 11 is 1.40. The Morgan fingerprint density at radius 1 is 1.17 bits per heavy atom. The largest absolute Gasteiger partial charge is 0.440 e. The highest BCUT2D eigenvalue weighted by molar-refractivity contribution is 7.13. The Morgan fingerprint density at radius 2 is 1.83 bits per heavy atom. The summed E-state index contributed by atoms with van der Waals surface area (Å²) in [4.78, 5) is 30.0. The molecule has 0 aliphatic carbocycles. The van der Waals surface area contributed by atoms with Crippen LogP contribution in [0.1, 0.15) is 28.4 Å². The van der Waals surface area contributed by atoms with Gasteiger partial charge in [0.25, 0.3) is 5.91 Å². The summed E-state index contributed by atoms with van der Waals surface area (Å²) in [5, 5.41) is 0. The number of likely N-dealkylation sites (N-methyl/N-ethyl adjacent to an activating group) is 1. The van der Waals surface area contributed by atoms with Crippen LogP contribution in [0.15, 0.2) is 36.4 Å². The van der Waals surface area contributed by atoms with E-state index < -0.39 is 5.54 Å². The Hall–Kier alpha value is -2.34. The van der Waals surface area contributed by atoms with Gasteiger partial charge in [-0.05, 0) is 45.0 Å². The van der Waals surface area contributed by atoms with Gasteiger partial charge in [-0.3, -0.25) is 4.79 Å². The van der Waals surface area contributed by atoms with Crippen LogP contribution < -0.4 is 9.80 Å². The molecule has 1 aromatic carbocycles. The number of benzene rings is 1. The third-order valence-electron chi connectivity index (χ3n) is 4.30. The number of aryl methyl sites for hydroxylation is 1. The van der Waals surface area contributed by atoms with Gasteiger partial charge in [-0.25, -0.2) is 4.79 Å². The van der Waals surface area contributed by atoms with E-state index in [1.54, 1.807) is 18.0 Å². The molecule has 0 saturated heterocycles. The Kier molecular flexibility index (Phi) is 4.09. The first-order valence-electron chi connectivity index (χ1n) is 7.71. The number of hydrogen-bond donors (Lipinski definition) is 0. The SMILES string of the molecule is Cc1ccc(C(=O)OCN2c3ccccc3N(C)C(=O)C2(C)C)s1. The maximum Gasteiger partial charge on any atom is 0.350 e. The van der Waals surface area contributed by atoms with Crippen LogP contribution in [0.2, 0.25) is 0 Å². The number of nitrogens with zero attached hydrogens (tertiary/aromatic N) is 2. The van der Waals surface area contributed by atoms with Crippen molar-refractivity contribution in [1.29, 1.82) is 0 Å². The van der Waals surface area contributed by atoms with Crippen molar-refractivity contribution >= 4 is 34.6 Å². The normalized spacial score (nSPS) is 16.1. The first kappa shape index (κ1) is 16.5. The van der Waals surface area contributed by atoms with Gasteiger partial charge in [0.2, 0.25) is 0 Å². The zero-order valence-electron chi connectivity index (χ0n) is 14.2. The molecule has 24 heavy (non-hydrogen) atoms. The van der Waals surface area contributed by atoms with Crippen molar-refractivity contribution in [1.82, 2.24) is 0 Å². The van der Waals surface area contributed by atoms with Gasteiger partial charge in [-0.2, -0.15) is 0 Å². The highest BCUT2D eigenvalue weighted by Gasteiger charge is 2.43. The second kappa shape index (κ2) is 5.94. The van der Waals surface area contributed by atoms with E-state index in [0.717, 1.165) is 16.3 Å². The molecule has 0 atom stereocenters. The fourth-order valence-corrected chi connectivity index (χ4v) is 3.64. The zero-order valence-corrected chi connectivity index (χ0v) is 15.0. The molecule has 0 unspecified atom stereocenters. The van der Waals surface area contributed by atoms with Crippen molar-refractivity contribution in [2.75, 3.05) is 23.6 Å². The summed E-state index contributed by atoms with van der Waals surface area (Å²) < 4.78 is 5.48. The van der Waals surface area contributed by atoms with E-state index in [1.165, 1.54) is 11.3 Å². The molecular formula is C18H20N2O3S. The van der Waals surface area contributed by atoms with Crippen LogP contribution in [0, 0.1) is 6.92 Å². The number of esters is 1. The molecule has 1 aromatic heterocycles. The maximum absolute atomic E-state index is 12.7. The fourth-order valence-electron chi connectivity index (χ4n) is 2.88. The lowest BCUT2D eigenvalue weighted by molar-refractivity contribution is -0.123. The lowest BCUT2D eigenvalue weighted by Gasteiger charge is -2.46. The monoisotopic (exact) mass is 344 g/mol. The molecule has 6 heteroatoms. The third kappa shape index (κ3) is 2.67. The topological polar surface area (TPSA) is 49.9 Å². The summed E-state index contributed by atoms with van der Waals surface area (Å²) in [6.45, 7) is 5.65. The predicted octanol–water partition coefficient (Wildman–Crippen LogP) is 3.43. The molecule has 5 nitrogen and oxygen atoms in total. The Labute approximate surface area is 145 Å². The molecule has 0 fully saturated rings. The minimum Gasteiger partial charge on any atom is -0.440 e. The summed E-state index contributed by atoms with van der Waals surface area (Å²) in [6, 6.07) is 11.3. The van der Waals surface area contributed by atoms with Crippen LogP contribution in [0.3, 0.4) is 0 Å². The van der Waals surface area contributed by atoms with Gasteiger partial charge in [0, 0.05) is 11.9 Å². The van der Waals surface area contributed by atoms with E-state index in [-0.39, 0.29) is 18.6 Å². The van der Waals surface area contributed by atoms with Crippen LogP contribution in [0.4, 0.5) is 11.4 Å². The lowest BCUT2D eigenvalue weighted by atomic mass is 9.96. The zero-order chi connectivity index (χ0) is 17.5. The summed E-state index contributed by atoms with van der Waals surface area (Å²) in [5.41, 5.74) is 0.888. The lowest BCUT2D eigenvalue weighted by Crippen LogP contribution is -2.60. The molecule has 1 amide bonds. The predicted molar refractivity (Wildman–Crippen MR) is 95.7 cm³/mol. The van der Waals surface area contributed by atoms with Crippen molar-refractivity contribution in [2.45, 2.75) is 26.3 Å². The number of fused-ring (bicyclic) bond motifs is 1. The smallest absolute Gasteiger partial charge is 0.350 e.